The minimum Gasteiger partial charge on any atom is -0.452 e. The van der Waals surface area contributed by atoms with E-state index in [0.29, 0.717) is 21.8 Å². The lowest BCUT2D eigenvalue weighted by Gasteiger charge is -2.07. The van der Waals surface area contributed by atoms with Crippen LogP contribution in [-0.4, -0.2) is 22.6 Å². The second-order valence-electron chi connectivity index (χ2n) is 5.45. The van der Waals surface area contributed by atoms with Crippen LogP contribution in [0.5, 0.6) is 0 Å². The summed E-state index contributed by atoms with van der Waals surface area (Å²) in [7, 11) is 0. The molecule has 6 nitrogen and oxygen atoms in total. The number of hydrogen-bond donors (Lipinski definition) is 1. The van der Waals surface area contributed by atoms with E-state index in [-0.39, 0.29) is 24.1 Å². The molecule has 2 N–H and O–H groups in total. The molecule has 3 aromatic rings. The van der Waals surface area contributed by atoms with Crippen LogP contribution in [0.25, 0.3) is 11.3 Å². The molecule has 0 bridgehead atoms. The highest BCUT2D eigenvalue weighted by Crippen LogP contribution is 2.24. The topological polar surface area (TPSA) is 95.4 Å². The van der Waals surface area contributed by atoms with Gasteiger partial charge in [-0.05, 0) is 36.4 Å². The Morgan fingerprint density at radius 1 is 1.15 bits per heavy atom. The zero-order valence-electron chi connectivity index (χ0n) is 14.1. The molecular formula is C19H15FN2O4S. The van der Waals surface area contributed by atoms with E-state index in [9.17, 15) is 14.0 Å². The Bertz CT molecular complexity index is 956. The first-order chi connectivity index (χ1) is 13.0. The molecule has 3 rings (SSSR count). The Morgan fingerprint density at radius 2 is 1.89 bits per heavy atom. The van der Waals surface area contributed by atoms with Crippen LogP contribution in [0.3, 0.4) is 0 Å². The summed E-state index contributed by atoms with van der Waals surface area (Å²) in [6.07, 6.45) is 1.48. The molecule has 0 spiro atoms. The Labute approximate surface area is 158 Å². The number of benzene rings is 2. The number of halogens is 1. The maximum Gasteiger partial charge on any atom is 0.339 e. The third-order valence-corrected chi connectivity index (χ3v) is 4.58. The fourth-order valence-electron chi connectivity index (χ4n) is 2.24. The van der Waals surface area contributed by atoms with Crippen molar-refractivity contribution in [1.29, 1.82) is 0 Å². The predicted octanol–water partition coefficient (Wildman–Crippen LogP) is 3.42. The number of esters is 1. The van der Waals surface area contributed by atoms with Gasteiger partial charge in [0, 0.05) is 10.5 Å². The number of nitrogens with two attached hydrogens (primary N) is 1. The van der Waals surface area contributed by atoms with Crippen molar-refractivity contribution in [2.75, 3.05) is 5.75 Å². The number of nitrogens with zero attached hydrogens (tertiary/aromatic N) is 1. The summed E-state index contributed by atoms with van der Waals surface area (Å²) < 4.78 is 23.8. The minimum atomic E-state index is -0.566. The first-order valence-electron chi connectivity index (χ1n) is 7.91. The van der Waals surface area contributed by atoms with E-state index < -0.39 is 11.9 Å². The molecule has 0 atom stereocenters. The normalized spacial score (nSPS) is 10.6. The molecule has 8 heteroatoms. The van der Waals surface area contributed by atoms with Crippen LogP contribution in [0.1, 0.15) is 16.2 Å². The Morgan fingerprint density at radius 3 is 2.63 bits per heavy atom. The van der Waals surface area contributed by atoms with E-state index >= 15 is 0 Å². The molecule has 1 aromatic heterocycles. The van der Waals surface area contributed by atoms with E-state index in [1.54, 1.807) is 36.4 Å². The third kappa shape index (κ3) is 4.95. The van der Waals surface area contributed by atoms with Crippen molar-refractivity contribution in [3.8, 4) is 11.3 Å². The highest BCUT2D eigenvalue weighted by Gasteiger charge is 2.15. The number of primary amides is 1. The molecule has 0 saturated carbocycles. The van der Waals surface area contributed by atoms with Crippen molar-refractivity contribution in [3.05, 3.63) is 72.0 Å². The average Bonchev–Trinajstić information content (AvgIpc) is 3.14. The van der Waals surface area contributed by atoms with E-state index in [2.05, 4.69) is 4.98 Å². The minimum absolute atomic E-state index is 0.0606. The maximum atomic E-state index is 13.0. The Balaban J connectivity index is 1.65. The summed E-state index contributed by atoms with van der Waals surface area (Å²) in [4.78, 5) is 27.9. The van der Waals surface area contributed by atoms with E-state index in [4.69, 9.17) is 14.9 Å². The summed E-state index contributed by atoms with van der Waals surface area (Å²) >= 11 is 1.16. The lowest BCUT2D eigenvalue weighted by molar-refractivity contribution is -0.115. The van der Waals surface area contributed by atoms with Gasteiger partial charge in [-0.15, -0.1) is 11.8 Å². The fraction of sp³-hybridized carbons (Fsp3) is 0.105. The quantitative estimate of drug-likeness (QED) is 0.494. The molecule has 0 unspecified atom stereocenters. The van der Waals surface area contributed by atoms with Crippen LogP contribution in [-0.2, 0) is 16.1 Å². The summed E-state index contributed by atoms with van der Waals surface area (Å²) in [6.45, 7) is -0.158. The van der Waals surface area contributed by atoms with E-state index in [0.717, 1.165) is 11.8 Å². The van der Waals surface area contributed by atoms with Crippen molar-refractivity contribution in [2.45, 2.75) is 11.5 Å². The Kier molecular flexibility index (Phi) is 5.87. The highest BCUT2D eigenvalue weighted by atomic mass is 32.2. The number of carbonyl (C=O) groups is 2. The number of hydrogen-bond acceptors (Lipinski definition) is 6. The van der Waals surface area contributed by atoms with Gasteiger partial charge in [-0.3, -0.25) is 4.79 Å². The van der Waals surface area contributed by atoms with E-state index in [1.807, 2.05) is 0 Å². The summed E-state index contributed by atoms with van der Waals surface area (Å²) in [5.74, 6) is -0.672. The summed E-state index contributed by atoms with van der Waals surface area (Å²) in [5.41, 5.74) is 6.13. The van der Waals surface area contributed by atoms with Crippen molar-refractivity contribution >= 4 is 23.6 Å². The molecule has 2 aromatic carbocycles. The van der Waals surface area contributed by atoms with Gasteiger partial charge < -0.3 is 14.9 Å². The Hall–Kier alpha value is -3.13. The van der Waals surface area contributed by atoms with Gasteiger partial charge in [-0.1, -0.05) is 12.1 Å². The lowest BCUT2D eigenvalue weighted by atomic mass is 10.2. The smallest absolute Gasteiger partial charge is 0.339 e. The molecule has 0 aliphatic heterocycles. The van der Waals surface area contributed by atoms with Gasteiger partial charge >= 0.3 is 5.97 Å². The fourth-order valence-corrected chi connectivity index (χ4v) is 3.02. The molecule has 0 saturated heterocycles. The van der Waals surface area contributed by atoms with E-state index in [1.165, 1.54) is 18.3 Å². The second kappa shape index (κ2) is 8.50. The SMILES string of the molecule is NC(=O)CSc1ccccc1C(=O)OCc1ncc(-c2ccc(F)cc2)o1. The van der Waals surface area contributed by atoms with Gasteiger partial charge in [0.25, 0.3) is 0 Å². The maximum absolute atomic E-state index is 13.0. The average molecular weight is 386 g/mol. The molecule has 138 valence electrons. The van der Waals surface area contributed by atoms with Crippen molar-refractivity contribution < 1.29 is 23.1 Å². The number of ether oxygens (including phenoxy) is 1. The lowest BCUT2D eigenvalue weighted by Crippen LogP contribution is -2.14. The van der Waals surface area contributed by atoms with Crippen LogP contribution < -0.4 is 5.73 Å². The molecule has 1 amide bonds. The van der Waals surface area contributed by atoms with Crippen LogP contribution in [0.4, 0.5) is 4.39 Å². The molecule has 27 heavy (non-hydrogen) atoms. The zero-order valence-corrected chi connectivity index (χ0v) is 14.9. The molecular weight excluding hydrogens is 371 g/mol. The molecule has 0 aliphatic rings. The first kappa shape index (κ1) is 18.7. The van der Waals surface area contributed by atoms with Gasteiger partial charge in [0.15, 0.2) is 12.4 Å². The molecule has 0 radical (unpaired) electrons. The largest absolute Gasteiger partial charge is 0.452 e. The van der Waals surface area contributed by atoms with Gasteiger partial charge in [-0.25, -0.2) is 14.2 Å². The number of thioether (sulfide) groups is 1. The van der Waals surface area contributed by atoms with Gasteiger partial charge in [-0.2, -0.15) is 0 Å². The summed E-state index contributed by atoms with van der Waals surface area (Å²) in [5, 5.41) is 0. The third-order valence-electron chi connectivity index (χ3n) is 3.49. The number of rotatable bonds is 7. The second-order valence-corrected chi connectivity index (χ2v) is 6.47. The standard InChI is InChI=1S/C19H15FN2O4S/c20-13-7-5-12(6-8-13)15-9-22-18(26-15)10-25-19(24)14-3-1-2-4-16(14)27-11-17(21)23/h1-9H,10-11H2,(H2,21,23). The number of carbonyl (C=O) groups excluding carboxylic acids is 2. The molecule has 0 aliphatic carbocycles. The number of oxazole rings is 1. The van der Waals surface area contributed by atoms with Crippen molar-refractivity contribution in [3.63, 3.8) is 0 Å². The van der Waals surface area contributed by atoms with Gasteiger partial charge in [0.1, 0.15) is 5.82 Å². The van der Waals surface area contributed by atoms with Gasteiger partial charge in [0.05, 0.1) is 17.5 Å². The van der Waals surface area contributed by atoms with Gasteiger partial charge in [0.2, 0.25) is 11.8 Å². The highest BCUT2D eigenvalue weighted by molar-refractivity contribution is 8.00. The number of amides is 1. The summed E-state index contributed by atoms with van der Waals surface area (Å²) in [6, 6.07) is 12.5. The predicted molar refractivity (Wildman–Crippen MR) is 97.4 cm³/mol. The van der Waals surface area contributed by atoms with Crippen LogP contribution in [0, 0.1) is 5.82 Å². The zero-order chi connectivity index (χ0) is 19.2. The molecule has 1 heterocycles. The van der Waals surface area contributed by atoms with Crippen LogP contribution in [0.2, 0.25) is 0 Å². The van der Waals surface area contributed by atoms with Crippen LogP contribution in [0.15, 0.2) is 64.0 Å². The number of aromatic nitrogens is 1. The van der Waals surface area contributed by atoms with Crippen molar-refractivity contribution in [2.24, 2.45) is 5.73 Å². The first-order valence-corrected chi connectivity index (χ1v) is 8.89. The van der Waals surface area contributed by atoms with Crippen molar-refractivity contribution in [1.82, 2.24) is 4.98 Å². The molecule has 0 fully saturated rings. The monoisotopic (exact) mass is 386 g/mol. The van der Waals surface area contributed by atoms with Crippen LogP contribution >= 0.6 is 11.8 Å².